The molecular formula is C17H35NO. The summed E-state index contributed by atoms with van der Waals surface area (Å²) in [5.74, 6) is 1.52. The Balaban J connectivity index is 2.70. The largest absolute Gasteiger partial charge is 0.385 e. The minimum atomic E-state index is 0.491. The third-order valence-corrected chi connectivity index (χ3v) is 5.04. The van der Waals surface area contributed by atoms with E-state index in [0.29, 0.717) is 17.4 Å². The molecule has 1 aliphatic carbocycles. The zero-order valence-corrected chi connectivity index (χ0v) is 13.8. The van der Waals surface area contributed by atoms with Gasteiger partial charge in [-0.15, -0.1) is 0 Å². The average Bonchev–Trinajstić information content (AvgIpc) is 2.38. The number of hydrogen-bond acceptors (Lipinski definition) is 2. The van der Waals surface area contributed by atoms with Gasteiger partial charge >= 0.3 is 0 Å². The normalized spacial score (nSPS) is 26.1. The maximum absolute atomic E-state index is 5.28. The summed E-state index contributed by atoms with van der Waals surface area (Å²) in [7, 11) is 1.81. The van der Waals surface area contributed by atoms with Crippen molar-refractivity contribution in [2.24, 2.45) is 17.3 Å². The molecule has 3 unspecified atom stereocenters. The highest BCUT2D eigenvalue weighted by Crippen LogP contribution is 2.44. The van der Waals surface area contributed by atoms with Crippen LogP contribution in [0.4, 0.5) is 0 Å². The van der Waals surface area contributed by atoms with E-state index in [0.717, 1.165) is 19.1 Å². The van der Waals surface area contributed by atoms with Gasteiger partial charge in [-0.25, -0.2) is 0 Å². The van der Waals surface area contributed by atoms with E-state index in [4.69, 9.17) is 4.74 Å². The summed E-state index contributed by atoms with van der Waals surface area (Å²) >= 11 is 0. The Morgan fingerprint density at radius 1 is 1.32 bits per heavy atom. The Labute approximate surface area is 120 Å². The van der Waals surface area contributed by atoms with Crippen LogP contribution in [0, 0.1) is 17.3 Å². The molecule has 0 aromatic heterocycles. The van der Waals surface area contributed by atoms with Gasteiger partial charge in [-0.2, -0.15) is 0 Å². The monoisotopic (exact) mass is 269 g/mol. The number of hydrogen-bond donors (Lipinski definition) is 1. The van der Waals surface area contributed by atoms with Gasteiger partial charge in [0.25, 0.3) is 0 Å². The fraction of sp³-hybridized carbons (Fsp3) is 1.00. The standard InChI is InChI=1S/C17H35NO/c1-6-12-18-16(14(2)10-13-19-5)15-9-7-8-11-17(15,3)4/h14-16,18H,6-13H2,1-5H3. The highest BCUT2D eigenvalue weighted by molar-refractivity contribution is 4.92. The third-order valence-electron chi connectivity index (χ3n) is 5.04. The van der Waals surface area contributed by atoms with Crippen molar-refractivity contribution < 1.29 is 4.74 Å². The second-order valence-corrected chi connectivity index (χ2v) is 7.08. The van der Waals surface area contributed by atoms with Crippen molar-refractivity contribution in [2.45, 2.75) is 72.3 Å². The first-order chi connectivity index (χ1) is 9.03. The van der Waals surface area contributed by atoms with Crippen LogP contribution in [0.5, 0.6) is 0 Å². The molecule has 114 valence electrons. The van der Waals surface area contributed by atoms with E-state index >= 15 is 0 Å². The Morgan fingerprint density at radius 2 is 2.05 bits per heavy atom. The van der Waals surface area contributed by atoms with Crippen LogP contribution in [0.15, 0.2) is 0 Å². The van der Waals surface area contributed by atoms with Gasteiger partial charge in [-0.3, -0.25) is 0 Å². The zero-order valence-electron chi connectivity index (χ0n) is 13.8. The van der Waals surface area contributed by atoms with Crippen LogP contribution in [-0.4, -0.2) is 26.3 Å². The van der Waals surface area contributed by atoms with Crippen molar-refractivity contribution >= 4 is 0 Å². The highest BCUT2D eigenvalue weighted by Gasteiger charge is 2.39. The fourth-order valence-corrected chi connectivity index (χ4v) is 3.72. The molecule has 1 rings (SSSR count). The van der Waals surface area contributed by atoms with Crippen LogP contribution in [-0.2, 0) is 4.74 Å². The van der Waals surface area contributed by atoms with Crippen LogP contribution in [0.2, 0.25) is 0 Å². The second-order valence-electron chi connectivity index (χ2n) is 7.08. The van der Waals surface area contributed by atoms with E-state index in [1.807, 2.05) is 7.11 Å². The number of ether oxygens (including phenoxy) is 1. The predicted molar refractivity (Wildman–Crippen MR) is 83.5 cm³/mol. The van der Waals surface area contributed by atoms with Crippen LogP contribution in [0.1, 0.15) is 66.2 Å². The maximum atomic E-state index is 5.28. The van der Waals surface area contributed by atoms with Gasteiger partial charge in [-0.05, 0) is 49.5 Å². The molecule has 0 aliphatic heterocycles. The quantitative estimate of drug-likeness (QED) is 0.711. The van der Waals surface area contributed by atoms with Gasteiger partial charge in [0.2, 0.25) is 0 Å². The van der Waals surface area contributed by atoms with E-state index in [-0.39, 0.29) is 0 Å². The van der Waals surface area contributed by atoms with Gasteiger partial charge in [0.1, 0.15) is 0 Å². The van der Waals surface area contributed by atoms with E-state index in [1.165, 1.54) is 38.5 Å². The molecule has 0 spiro atoms. The van der Waals surface area contributed by atoms with Crippen molar-refractivity contribution in [2.75, 3.05) is 20.3 Å². The lowest BCUT2D eigenvalue weighted by atomic mass is 9.63. The molecule has 1 N–H and O–H groups in total. The van der Waals surface area contributed by atoms with Gasteiger partial charge in [-0.1, -0.05) is 40.5 Å². The molecule has 1 saturated carbocycles. The SMILES string of the molecule is CCCNC(C(C)CCOC)C1CCCCC1(C)C. The van der Waals surface area contributed by atoms with Gasteiger partial charge in [0.05, 0.1) is 0 Å². The van der Waals surface area contributed by atoms with Crippen LogP contribution >= 0.6 is 0 Å². The molecule has 1 aliphatic rings. The topological polar surface area (TPSA) is 21.3 Å². The van der Waals surface area contributed by atoms with Gasteiger partial charge < -0.3 is 10.1 Å². The van der Waals surface area contributed by atoms with E-state index in [2.05, 4.69) is 33.0 Å². The van der Waals surface area contributed by atoms with Crippen LogP contribution in [0.25, 0.3) is 0 Å². The molecule has 0 radical (unpaired) electrons. The van der Waals surface area contributed by atoms with Crippen LogP contribution in [0.3, 0.4) is 0 Å². The summed E-state index contributed by atoms with van der Waals surface area (Å²) in [6.45, 7) is 11.6. The number of nitrogens with one attached hydrogen (secondary N) is 1. The molecule has 0 amide bonds. The molecule has 2 nitrogen and oxygen atoms in total. The maximum Gasteiger partial charge on any atom is 0.0465 e. The van der Waals surface area contributed by atoms with E-state index in [1.54, 1.807) is 0 Å². The highest BCUT2D eigenvalue weighted by atomic mass is 16.5. The van der Waals surface area contributed by atoms with Crippen molar-refractivity contribution in [1.82, 2.24) is 5.32 Å². The second kappa shape index (κ2) is 8.26. The summed E-state index contributed by atoms with van der Waals surface area (Å²) in [5.41, 5.74) is 0.491. The minimum absolute atomic E-state index is 0.491. The predicted octanol–water partition coefficient (Wildman–Crippen LogP) is 4.24. The summed E-state index contributed by atoms with van der Waals surface area (Å²) in [6, 6.07) is 0.658. The van der Waals surface area contributed by atoms with Gasteiger partial charge in [0.15, 0.2) is 0 Å². The first kappa shape index (κ1) is 17.0. The molecule has 0 aromatic rings. The molecule has 19 heavy (non-hydrogen) atoms. The Bertz CT molecular complexity index is 239. The van der Waals surface area contributed by atoms with Gasteiger partial charge in [0, 0.05) is 19.8 Å². The molecule has 0 bridgehead atoms. The number of methoxy groups -OCH3 is 1. The lowest BCUT2D eigenvalue weighted by Crippen LogP contribution is -2.48. The molecule has 3 atom stereocenters. The smallest absolute Gasteiger partial charge is 0.0465 e. The summed E-state index contributed by atoms with van der Waals surface area (Å²) in [5, 5.41) is 3.85. The molecular weight excluding hydrogens is 234 g/mol. The third kappa shape index (κ3) is 5.07. The fourth-order valence-electron chi connectivity index (χ4n) is 3.72. The first-order valence-corrected chi connectivity index (χ1v) is 8.25. The molecule has 0 heterocycles. The lowest BCUT2D eigenvalue weighted by molar-refractivity contribution is 0.0663. The van der Waals surface area contributed by atoms with Crippen LogP contribution < -0.4 is 5.32 Å². The Hall–Kier alpha value is -0.0800. The summed E-state index contributed by atoms with van der Waals surface area (Å²) < 4.78 is 5.28. The first-order valence-electron chi connectivity index (χ1n) is 8.25. The van der Waals surface area contributed by atoms with Crippen molar-refractivity contribution in [3.63, 3.8) is 0 Å². The molecule has 1 fully saturated rings. The summed E-state index contributed by atoms with van der Waals surface area (Å²) in [6.07, 6.45) is 8.00. The van der Waals surface area contributed by atoms with Crippen molar-refractivity contribution in [1.29, 1.82) is 0 Å². The zero-order chi connectivity index (χ0) is 14.3. The van der Waals surface area contributed by atoms with Crippen molar-refractivity contribution in [3.8, 4) is 0 Å². The minimum Gasteiger partial charge on any atom is -0.385 e. The van der Waals surface area contributed by atoms with E-state index in [9.17, 15) is 0 Å². The Morgan fingerprint density at radius 3 is 2.63 bits per heavy atom. The van der Waals surface area contributed by atoms with Crippen molar-refractivity contribution in [3.05, 3.63) is 0 Å². The molecule has 0 aromatic carbocycles. The molecule has 0 saturated heterocycles. The molecule has 2 heteroatoms. The van der Waals surface area contributed by atoms with E-state index < -0.39 is 0 Å². The number of rotatable bonds is 8. The lowest BCUT2D eigenvalue weighted by Gasteiger charge is -2.45. The Kier molecular flexibility index (Phi) is 7.38. The average molecular weight is 269 g/mol. The summed E-state index contributed by atoms with van der Waals surface area (Å²) in [4.78, 5) is 0.